The minimum Gasteiger partial charge on any atom is -0.493 e. The minimum atomic E-state index is -1.97. The highest BCUT2D eigenvalue weighted by atomic mass is 16.5. The van der Waals surface area contributed by atoms with Crippen molar-refractivity contribution >= 4 is 17.6 Å². The Morgan fingerprint density at radius 2 is 1.62 bits per heavy atom. The van der Waals surface area contributed by atoms with Gasteiger partial charge in [-0.15, -0.1) is 0 Å². The number of carbonyl (C=O) groups is 3. The van der Waals surface area contributed by atoms with Gasteiger partial charge in [-0.2, -0.15) is 10.5 Å². The highest BCUT2D eigenvalue weighted by Crippen LogP contribution is 2.72. The summed E-state index contributed by atoms with van der Waals surface area (Å²) < 4.78 is 10.2. The Bertz CT molecular complexity index is 843. The number of nitriles is 2. The second-order valence-corrected chi connectivity index (χ2v) is 5.49. The summed E-state index contributed by atoms with van der Waals surface area (Å²) >= 11 is 0. The summed E-state index contributed by atoms with van der Waals surface area (Å²) in [5.74, 6) is -3.11. The van der Waals surface area contributed by atoms with E-state index in [2.05, 4.69) is 0 Å². The van der Waals surface area contributed by atoms with Crippen LogP contribution in [0.3, 0.4) is 0 Å². The van der Waals surface area contributed by atoms with Crippen molar-refractivity contribution in [2.45, 2.75) is 0 Å². The molecule has 2 amide bonds. The Hall–Kier alpha value is -3.39. The molecule has 2 atom stereocenters. The van der Waals surface area contributed by atoms with Crippen LogP contribution in [-0.4, -0.2) is 31.8 Å². The summed E-state index contributed by atoms with van der Waals surface area (Å²) in [6.45, 7) is 0. The second kappa shape index (κ2) is 4.80. The first-order valence-corrected chi connectivity index (χ1v) is 6.89. The fourth-order valence-electron chi connectivity index (χ4n) is 3.35. The highest BCUT2D eigenvalue weighted by molar-refractivity contribution is 6.25. The van der Waals surface area contributed by atoms with Crippen LogP contribution in [0.2, 0.25) is 0 Å². The molecule has 120 valence electrons. The van der Waals surface area contributed by atoms with Crippen molar-refractivity contribution in [1.82, 2.24) is 5.32 Å². The number of ketones is 1. The Labute approximate surface area is 136 Å². The number of piperidine rings is 1. The lowest BCUT2D eigenvalue weighted by Gasteiger charge is -2.10. The number of ether oxygens (including phenoxy) is 2. The molecule has 0 aromatic heterocycles. The van der Waals surface area contributed by atoms with Crippen LogP contribution in [0, 0.1) is 39.4 Å². The van der Waals surface area contributed by atoms with Gasteiger partial charge in [0.2, 0.25) is 11.8 Å². The summed E-state index contributed by atoms with van der Waals surface area (Å²) in [4.78, 5) is 36.8. The normalized spacial score (nSPS) is 29.8. The first kappa shape index (κ1) is 15.5. The monoisotopic (exact) mass is 325 g/mol. The van der Waals surface area contributed by atoms with Crippen LogP contribution in [0.5, 0.6) is 11.5 Å². The van der Waals surface area contributed by atoms with E-state index in [0.29, 0.717) is 5.75 Å². The van der Waals surface area contributed by atoms with E-state index in [0.717, 1.165) is 0 Å². The first-order chi connectivity index (χ1) is 11.4. The number of rotatable bonds is 4. The molecule has 0 bridgehead atoms. The van der Waals surface area contributed by atoms with Gasteiger partial charge in [0.05, 0.1) is 32.3 Å². The number of carbonyl (C=O) groups excluding carboxylic acids is 3. The molecule has 1 saturated carbocycles. The number of Topliss-reactive ketones (excluding diaryl/α,β-unsaturated/α-hetero) is 1. The lowest BCUT2D eigenvalue weighted by Crippen LogP contribution is -2.34. The summed E-state index contributed by atoms with van der Waals surface area (Å²) in [5.41, 5.74) is -3.82. The van der Waals surface area contributed by atoms with Crippen molar-refractivity contribution in [3.8, 4) is 23.6 Å². The van der Waals surface area contributed by atoms with Crippen LogP contribution in [0.4, 0.5) is 0 Å². The molecule has 0 unspecified atom stereocenters. The summed E-state index contributed by atoms with van der Waals surface area (Å²) in [6.07, 6.45) is 0. The predicted octanol–water partition coefficient (Wildman–Crippen LogP) is 0.193. The third-order valence-corrected chi connectivity index (χ3v) is 4.63. The van der Waals surface area contributed by atoms with E-state index in [4.69, 9.17) is 9.47 Å². The molecule has 24 heavy (non-hydrogen) atoms. The summed E-state index contributed by atoms with van der Waals surface area (Å²) in [5, 5.41) is 20.7. The molecule has 1 aromatic carbocycles. The molecular weight excluding hydrogens is 314 g/mol. The third-order valence-electron chi connectivity index (χ3n) is 4.63. The van der Waals surface area contributed by atoms with Gasteiger partial charge in [-0.3, -0.25) is 19.7 Å². The molecule has 8 heteroatoms. The van der Waals surface area contributed by atoms with Gasteiger partial charge in [0.25, 0.3) is 0 Å². The third kappa shape index (κ3) is 1.47. The van der Waals surface area contributed by atoms with Gasteiger partial charge in [-0.25, -0.2) is 0 Å². The van der Waals surface area contributed by atoms with Gasteiger partial charge in [-0.1, -0.05) is 0 Å². The molecular formula is C16H11N3O5. The maximum Gasteiger partial charge on any atom is 0.250 e. The molecule has 2 aliphatic rings. The number of fused-ring (bicyclic) bond motifs is 1. The average molecular weight is 325 g/mol. The quantitative estimate of drug-likeness (QED) is 0.618. The van der Waals surface area contributed by atoms with E-state index in [1.54, 1.807) is 12.1 Å². The molecule has 8 nitrogen and oxygen atoms in total. The van der Waals surface area contributed by atoms with Crippen molar-refractivity contribution in [2.75, 3.05) is 14.2 Å². The molecule has 1 saturated heterocycles. The second-order valence-electron chi connectivity index (χ2n) is 5.49. The zero-order chi connectivity index (χ0) is 17.7. The van der Waals surface area contributed by atoms with Gasteiger partial charge in [0.1, 0.15) is 0 Å². The Morgan fingerprint density at radius 3 is 2.08 bits per heavy atom. The van der Waals surface area contributed by atoms with E-state index >= 15 is 0 Å². The van der Waals surface area contributed by atoms with Crippen molar-refractivity contribution in [2.24, 2.45) is 16.7 Å². The Kier molecular flexibility index (Phi) is 3.10. The van der Waals surface area contributed by atoms with Gasteiger partial charge >= 0.3 is 0 Å². The van der Waals surface area contributed by atoms with Gasteiger partial charge < -0.3 is 9.47 Å². The maximum absolute atomic E-state index is 12.8. The molecule has 2 fully saturated rings. The number of hydrogen-bond donors (Lipinski definition) is 1. The lowest BCUT2D eigenvalue weighted by molar-refractivity contribution is -0.129. The fourth-order valence-corrected chi connectivity index (χ4v) is 3.35. The minimum absolute atomic E-state index is 0.122. The van der Waals surface area contributed by atoms with Crippen LogP contribution in [0.1, 0.15) is 10.4 Å². The number of nitrogens with one attached hydrogen (secondary N) is 1. The van der Waals surface area contributed by atoms with Crippen LogP contribution >= 0.6 is 0 Å². The molecule has 1 aliphatic carbocycles. The van der Waals surface area contributed by atoms with E-state index in [1.807, 2.05) is 5.32 Å². The first-order valence-electron chi connectivity index (χ1n) is 6.89. The molecule has 1 aliphatic heterocycles. The van der Waals surface area contributed by atoms with Crippen LogP contribution < -0.4 is 14.8 Å². The number of methoxy groups -OCH3 is 2. The van der Waals surface area contributed by atoms with E-state index in [9.17, 15) is 24.9 Å². The van der Waals surface area contributed by atoms with Crippen LogP contribution in [0.15, 0.2) is 18.2 Å². The van der Waals surface area contributed by atoms with Crippen molar-refractivity contribution in [3.05, 3.63) is 23.8 Å². The smallest absolute Gasteiger partial charge is 0.250 e. The Balaban J connectivity index is 2.07. The molecule has 1 heterocycles. The van der Waals surface area contributed by atoms with Crippen molar-refractivity contribution < 1.29 is 23.9 Å². The fraction of sp³-hybridized carbons (Fsp3) is 0.312. The number of hydrogen-bond acceptors (Lipinski definition) is 7. The largest absolute Gasteiger partial charge is 0.493 e. The highest BCUT2D eigenvalue weighted by Gasteiger charge is 2.92. The van der Waals surface area contributed by atoms with Crippen molar-refractivity contribution in [3.63, 3.8) is 0 Å². The lowest BCUT2D eigenvalue weighted by atomic mass is 9.98. The van der Waals surface area contributed by atoms with Gasteiger partial charge in [0.15, 0.2) is 28.1 Å². The SMILES string of the molecule is COc1ccc(C(=O)C2[C@]3(C#N)C(=O)NC(=O)[C@@]23C#N)cc1OC. The van der Waals surface area contributed by atoms with Gasteiger partial charge in [-0.05, 0) is 18.2 Å². The van der Waals surface area contributed by atoms with E-state index in [1.165, 1.54) is 32.4 Å². The number of nitrogens with zero attached hydrogens (tertiary/aromatic N) is 2. The summed E-state index contributed by atoms with van der Waals surface area (Å²) in [7, 11) is 2.82. The molecule has 0 radical (unpaired) electrons. The van der Waals surface area contributed by atoms with Crippen LogP contribution in [0.25, 0.3) is 0 Å². The number of benzene rings is 1. The van der Waals surface area contributed by atoms with Crippen molar-refractivity contribution in [1.29, 1.82) is 10.5 Å². The number of amides is 2. The Morgan fingerprint density at radius 1 is 1.08 bits per heavy atom. The number of imide groups is 1. The standard InChI is InChI=1S/C16H11N3O5/c1-23-9-4-3-8(5-10(9)24-2)11(20)12-15(6-17)13(21)19-14(22)16(12,15)7-18/h3-5,12H,1-2H3,(H,19,21,22)/t15-,16-/m1/s1. The topological polar surface area (TPSA) is 129 Å². The van der Waals surface area contributed by atoms with Crippen LogP contribution in [-0.2, 0) is 9.59 Å². The zero-order valence-corrected chi connectivity index (χ0v) is 12.7. The average Bonchev–Trinajstić information content (AvgIpc) is 3.17. The molecule has 1 N–H and O–H groups in total. The zero-order valence-electron chi connectivity index (χ0n) is 12.7. The van der Waals surface area contributed by atoms with Gasteiger partial charge in [0, 0.05) is 5.56 Å². The van der Waals surface area contributed by atoms with E-state index < -0.39 is 34.3 Å². The predicted molar refractivity (Wildman–Crippen MR) is 76.6 cm³/mol. The molecule has 0 spiro atoms. The van der Waals surface area contributed by atoms with E-state index in [-0.39, 0.29) is 11.3 Å². The summed E-state index contributed by atoms with van der Waals surface area (Å²) in [6, 6.07) is 7.71. The molecule has 1 aromatic rings. The maximum atomic E-state index is 12.8. The molecule has 3 rings (SSSR count).